The summed E-state index contributed by atoms with van der Waals surface area (Å²) in [5, 5.41) is 2.20. The number of benzene rings is 3. The van der Waals surface area contributed by atoms with Crippen LogP contribution < -0.4 is 4.74 Å². The number of rotatable bonds is 2. The first-order chi connectivity index (χ1) is 14.0. The largest absolute Gasteiger partial charge is 0.421 e. The summed E-state index contributed by atoms with van der Waals surface area (Å²) in [5.74, 6) is -0.672. The zero-order chi connectivity index (χ0) is 20.1. The van der Waals surface area contributed by atoms with Gasteiger partial charge in [-0.3, -0.25) is 9.59 Å². The van der Waals surface area contributed by atoms with Crippen molar-refractivity contribution in [1.29, 1.82) is 0 Å². The van der Waals surface area contributed by atoms with Gasteiger partial charge in [-0.1, -0.05) is 40.2 Å². The lowest BCUT2D eigenvalue weighted by Crippen LogP contribution is -2.21. The van der Waals surface area contributed by atoms with Crippen LogP contribution in [-0.2, 0) is 0 Å². The van der Waals surface area contributed by atoms with Crippen LogP contribution in [0.15, 0.2) is 70.5 Å². The molecule has 0 atom stereocenters. The molecule has 0 saturated heterocycles. The van der Waals surface area contributed by atoms with Gasteiger partial charge in [-0.25, -0.2) is 4.79 Å². The number of ether oxygens (including phenoxy) is 1. The van der Waals surface area contributed by atoms with Crippen LogP contribution in [0.3, 0.4) is 0 Å². The SMILES string of the molecule is O=C(Oc1csc2ccc3c(c12)C(=O)c1ccccc1C3=O)c1ccc(Br)cc1. The van der Waals surface area contributed by atoms with Crippen LogP contribution in [-0.4, -0.2) is 17.5 Å². The van der Waals surface area contributed by atoms with Crippen LogP contribution >= 0.6 is 27.3 Å². The van der Waals surface area contributed by atoms with E-state index in [1.54, 1.807) is 66.0 Å². The smallest absolute Gasteiger partial charge is 0.343 e. The van der Waals surface area contributed by atoms with Crippen LogP contribution in [0.2, 0.25) is 0 Å². The van der Waals surface area contributed by atoms with E-state index in [0.29, 0.717) is 33.2 Å². The van der Waals surface area contributed by atoms with Crippen molar-refractivity contribution in [2.75, 3.05) is 0 Å². The van der Waals surface area contributed by atoms with Crippen molar-refractivity contribution < 1.29 is 19.1 Å². The number of hydrogen-bond acceptors (Lipinski definition) is 5. The molecule has 0 aliphatic heterocycles. The molecule has 1 aliphatic carbocycles. The van der Waals surface area contributed by atoms with E-state index in [4.69, 9.17) is 4.74 Å². The predicted molar refractivity (Wildman–Crippen MR) is 114 cm³/mol. The number of fused-ring (bicyclic) bond motifs is 4. The molecular weight excluding hydrogens is 452 g/mol. The second kappa shape index (κ2) is 6.76. The van der Waals surface area contributed by atoms with Gasteiger partial charge in [0.25, 0.3) is 0 Å². The Hall–Kier alpha value is -3.09. The first-order valence-electron chi connectivity index (χ1n) is 8.75. The normalized spacial score (nSPS) is 12.6. The fourth-order valence-corrected chi connectivity index (χ4v) is 4.64. The topological polar surface area (TPSA) is 60.4 Å². The molecule has 4 aromatic rings. The van der Waals surface area contributed by atoms with Gasteiger partial charge in [0.1, 0.15) is 0 Å². The molecular formula is C23H11BrO4S. The van der Waals surface area contributed by atoms with Gasteiger partial charge in [-0.2, -0.15) is 0 Å². The molecule has 6 heteroatoms. The third-order valence-corrected chi connectivity index (χ3v) is 6.33. The zero-order valence-corrected chi connectivity index (χ0v) is 17.2. The fourth-order valence-electron chi connectivity index (χ4n) is 3.51. The summed E-state index contributed by atoms with van der Waals surface area (Å²) in [6, 6.07) is 17.1. The van der Waals surface area contributed by atoms with Crippen molar-refractivity contribution in [2.24, 2.45) is 0 Å². The molecule has 0 amide bonds. The number of carbonyl (C=O) groups is 3. The average Bonchev–Trinajstić information content (AvgIpc) is 3.15. The Morgan fingerprint density at radius 2 is 1.52 bits per heavy atom. The van der Waals surface area contributed by atoms with Crippen LogP contribution in [0.25, 0.3) is 10.1 Å². The van der Waals surface area contributed by atoms with Crippen LogP contribution in [0.1, 0.15) is 42.2 Å². The second-order valence-corrected chi connectivity index (χ2v) is 8.39. The molecule has 0 fully saturated rings. The maximum absolute atomic E-state index is 13.2. The van der Waals surface area contributed by atoms with Gasteiger partial charge in [-0.15, -0.1) is 11.3 Å². The lowest BCUT2D eigenvalue weighted by molar-refractivity contribution is 0.0737. The third kappa shape index (κ3) is 2.84. The van der Waals surface area contributed by atoms with Crippen molar-refractivity contribution >= 4 is 54.9 Å². The minimum Gasteiger partial charge on any atom is -0.421 e. The van der Waals surface area contributed by atoms with E-state index in [9.17, 15) is 14.4 Å². The van der Waals surface area contributed by atoms with Gasteiger partial charge in [0.15, 0.2) is 17.3 Å². The Bertz CT molecular complexity index is 1340. The van der Waals surface area contributed by atoms with E-state index in [1.807, 2.05) is 0 Å². The number of carbonyl (C=O) groups excluding carboxylic acids is 3. The van der Waals surface area contributed by atoms with Gasteiger partial charge < -0.3 is 4.74 Å². The molecule has 3 aromatic carbocycles. The Kier molecular flexibility index (Phi) is 4.19. The first kappa shape index (κ1) is 18.0. The van der Waals surface area contributed by atoms with Gasteiger partial charge in [-0.05, 0) is 36.4 Å². The summed E-state index contributed by atoms with van der Waals surface area (Å²) in [7, 11) is 0. The average molecular weight is 463 g/mol. The maximum atomic E-state index is 13.2. The van der Waals surface area contributed by atoms with E-state index in [0.717, 1.165) is 9.17 Å². The molecule has 0 bridgehead atoms. The molecule has 0 N–H and O–H groups in total. The molecule has 4 nitrogen and oxygen atoms in total. The lowest BCUT2D eigenvalue weighted by atomic mass is 9.82. The summed E-state index contributed by atoms with van der Waals surface area (Å²) < 4.78 is 7.26. The summed E-state index contributed by atoms with van der Waals surface area (Å²) >= 11 is 4.70. The predicted octanol–water partition coefficient (Wildman–Crippen LogP) is 5.66. The molecule has 1 heterocycles. The highest BCUT2D eigenvalue weighted by atomic mass is 79.9. The Morgan fingerprint density at radius 1 is 0.828 bits per heavy atom. The number of ketones is 2. The van der Waals surface area contributed by atoms with Crippen molar-refractivity contribution in [3.05, 3.63) is 98.3 Å². The molecule has 0 radical (unpaired) electrons. The third-order valence-electron chi connectivity index (χ3n) is 4.88. The van der Waals surface area contributed by atoms with Crippen molar-refractivity contribution in [2.45, 2.75) is 0 Å². The van der Waals surface area contributed by atoms with E-state index in [1.165, 1.54) is 11.3 Å². The monoisotopic (exact) mass is 462 g/mol. The highest BCUT2D eigenvalue weighted by molar-refractivity contribution is 9.10. The summed E-state index contributed by atoms with van der Waals surface area (Å²) in [4.78, 5) is 38.8. The summed E-state index contributed by atoms with van der Waals surface area (Å²) in [6.07, 6.45) is 0. The van der Waals surface area contributed by atoms with Crippen LogP contribution in [0.4, 0.5) is 0 Å². The minimum absolute atomic E-state index is 0.200. The molecule has 1 aromatic heterocycles. The molecule has 29 heavy (non-hydrogen) atoms. The Morgan fingerprint density at radius 3 is 2.24 bits per heavy atom. The summed E-state index contributed by atoms with van der Waals surface area (Å²) in [5.41, 5.74) is 1.79. The van der Waals surface area contributed by atoms with Gasteiger partial charge in [0.05, 0.1) is 5.56 Å². The lowest BCUT2D eigenvalue weighted by Gasteiger charge is -2.18. The Balaban J connectivity index is 1.64. The number of thiophene rings is 1. The second-order valence-electron chi connectivity index (χ2n) is 6.56. The zero-order valence-electron chi connectivity index (χ0n) is 14.8. The quantitative estimate of drug-likeness (QED) is 0.317. The minimum atomic E-state index is -0.523. The van der Waals surface area contributed by atoms with Crippen molar-refractivity contribution in [3.63, 3.8) is 0 Å². The number of halogens is 1. The number of esters is 1. The highest BCUT2D eigenvalue weighted by Gasteiger charge is 2.32. The summed E-state index contributed by atoms with van der Waals surface area (Å²) in [6.45, 7) is 0. The Labute approximate surface area is 177 Å². The maximum Gasteiger partial charge on any atom is 0.343 e. The highest BCUT2D eigenvalue weighted by Crippen LogP contribution is 2.40. The van der Waals surface area contributed by atoms with E-state index in [2.05, 4.69) is 15.9 Å². The van der Waals surface area contributed by atoms with Crippen molar-refractivity contribution in [3.8, 4) is 5.75 Å². The molecule has 5 rings (SSSR count). The van der Waals surface area contributed by atoms with Crippen LogP contribution in [0.5, 0.6) is 5.75 Å². The molecule has 0 spiro atoms. The van der Waals surface area contributed by atoms with E-state index in [-0.39, 0.29) is 17.3 Å². The number of hydrogen-bond donors (Lipinski definition) is 0. The van der Waals surface area contributed by atoms with Gasteiger partial charge >= 0.3 is 5.97 Å². The standard InChI is InChI=1S/C23H11BrO4S/c24-13-7-5-12(6-8-13)23(27)28-17-11-29-18-10-9-16-19(20(17)18)22(26)15-4-2-1-3-14(15)21(16)25/h1-11H. The first-order valence-corrected chi connectivity index (χ1v) is 10.4. The van der Waals surface area contributed by atoms with E-state index >= 15 is 0 Å². The molecule has 140 valence electrons. The fraction of sp³-hybridized carbons (Fsp3) is 0. The van der Waals surface area contributed by atoms with Gasteiger partial charge in [0, 0.05) is 42.2 Å². The van der Waals surface area contributed by atoms with Crippen LogP contribution in [0, 0.1) is 0 Å². The molecule has 1 aliphatic rings. The van der Waals surface area contributed by atoms with Gasteiger partial charge in [0.2, 0.25) is 0 Å². The molecule has 0 unspecified atom stereocenters. The molecule has 0 saturated carbocycles. The van der Waals surface area contributed by atoms with Crippen molar-refractivity contribution in [1.82, 2.24) is 0 Å². The van der Waals surface area contributed by atoms with E-state index < -0.39 is 5.97 Å².